The molecule has 0 aliphatic carbocycles. The van der Waals surface area contributed by atoms with E-state index in [0.29, 0.717) is 16.4 Å². The maximum atomic E-state index is 11.8. The Balaban J connectivity index is 2.30. The molecule has 2 rings (SSSR count). The fourth-order valence-corrected chi connectivity index (χ4v) is 4.31. The van der Waals surface area contributed by atoms with Gasteiger partial charge in [-0.3, -0.25) is 5.32 Å². The summed E-state index contributed by atoms with van der Waals surface area (Å²) in [7, 11) is -3.46. The fourth-order valence-electron chi connectivity index (χ4n) is 2.05. The van der Waals surface area contributed by atoms with Gasteiger partial charge in [0.2, 0.25) is 0 Å². The number of aliphatic hydroxyl groups is 1. The number of rotatable bonds is 5. The van der Waals surface area contributed by atoms with Crippen LogP contribution in [0.3, 0.4) is 0 Å². The third-order valence-corrected chi connectivity index (χ3v) is 5.96. The number of nitrogens with zero attached hydrogens (tertiary/aromatic N) is 1. The number of aromatic nitrogens is 1. The zero-order valence-corrected chi connectivity index (χ0v) is 16.2. The van der Waals surface area contributed by atoms with E-state index < -0.39 is 15.9 Å². The number of urea groups is 1. The van der Waals surface area contributed by atoms with Crippen LogP contribution in [0.5, 0.6) is 0 Å². The molecule has 0 spiro atoms. The van der Waals surface area contributed by atoms with E-state index in [-0.39, 0.29) is 22.6 Å². The van der Waals surface area contributed by atoms with E-state index in [2.05, 4.69) is 15.6 Å². The first-order valence-corrected chi connectivity index (χ1v) is 10.4. The van der Waals surface area contributed by atoms with Crippen LogP contribution < -0.4 is 10.6 Å². The number of anilines is 1. The quantitative estimate of drug-likeness (QED) is 0.711. The molecule has 136 valence electrons. The van der Waals surface area contributed by atoms with Crippen molar-refractivity contribution in [2.24, 2.45) is 0 Å². The molecule has 25 heavy (non-hydrogen) atoms. The lowest BCUT2D eigenvalue weighted by Crippen LogP contribution is -2.38. The molecule has 1 unspecified atom stereocenters. The van der Waals surface area contributed by atoms with Gasteiger partial charge in [-0.05, 0) is 31.5 Å². The van der Waals surface area contributed by atoms with Crippen LogP contribution in [0.1, 0.15) is 12.6 Å². The molecule has 1 heterocycles. The van der Waals surface area contributed by atoms with E-state index in [0.717, 1.165) is 11.1 Å². The summed E-state index contributed by atoms with van der Waals surface area (Å²) in [5.41, 5.74) is 1.30. The number of hydrogen-bond donors (Lipinski definition) is 3. The zero-order valence-electron chi connectivity index (χ0n) is 13.8. The SMILES string of the molecule is Cc1nc(NC(=O)NC(C)CO)sc1-c1ccc(Cl)c(S(C)(=O)=O)c1. The second kappa shape index (κ2) is 7.69. The second-order valence-corrected chi connectivity index (χ2v) is 8.92. The second-order valence-electron chi connectivity index (χ2n) is 5.53. The maximum absolute atomic E-state index is 11.8. The van der Waals surface area contributed by atoms with Crippen molar-refractivity contribution in [3.63, 3.8) is 0 Å². The summed E-state index contributed by atoms with van der Waals surface area (Å²) in [6, 6.07) is 3.86. The highest BCUT2D eigenvalue weighted by Gasteiger charge is 2.17. The molecular weight excluding hydrogens is 386 g/mol. The number of carbonyl (C=O) groups is 1. The monoisotopic (exact) mass is 403 g/mol. The molecule has 1 aromatic carbocycles. The molecule has 2 aromatic rings. The molecule has 3 N–H and O–H groups in total. The topological polar surface area (TPSA) is 108 Å². The molecular formula is C15H18ClN3O4S2. The number of sulfone groups is 1. The Morgan fingerprint density at radius 2 is 2.12 bits per heavy atom. The summed E-state index contributed by atoms with van der Waals surface area (Å²) >= 11 is 7.18. The highest BCUT2D eigenvalue weighted by atomic mass is 35.5. The average molecular weight is 404 g/mol. The lowest BCUT2D eigenvalue weighted by molar-refractivity contribution is 0.229. The molecule has 1 atom stereocenters. The van der Waals surface area contributed by atoms with Crippen molar-refractivity contribution in [3.8, 4) is 10.4 Å². The van der Waals surface area contributed by atoms with Crippen LogP contribution in [0, 0.1) is 6.92 Å². The van der Waals surface area contributed by atoms with Crippen molar-refractivity contribution in [1.29, 1.82) is 0 Å². The van der Waals surface area contributed by atoms with Crippen LogP contribution in [-0.2, 0) is 9.84 Å². The van der Waals surface area contributed by atoms with Crippen molar-refractivity contribution in [1.82, 2.24) is 10.3 Å². The van der Waals surface area contributed by atoms with Crippen LogP contribution in [0.2, 0.25) is 5.02 Å². The van der Waals surface area contributed by atoms with E-state index in [9.17, 15) is 13.2 Å². The molecule has 0 aliphatic rings. The van der Waals surface area contributed by atoms with Gasteiger partial charge >= 0.3 is 6.03 Å². The minimum absolute atomic E-state index is 0.0449. The van der Waals surface area contributed by atoms with Crippen molar-refractivity contribution >= 4 is 43.9 Å². The summed E-state index contributed by atoms with van der Waals surface area (Å²) in [5, 5.41) is 14.6. The Morgan fingerprint density at radius 3 is 2.72 bits per heavy atom. The molecule has 2 amide bonds. The first-order valence-electron chi connectivity index (χ1n) is 7.27. The minimum atomic E-state index is -3.46. The van der Waals surface area contributed by atoms with Crippen LogP contribution in [0.15, 0.2) is 23.1 Å². The van der Waals surface area contributed by atoms with Gasteiger partial charge in [0.25, 0.3) is 0 Å². The van der Waals surface area contributed by atoms with Crippen LogP contribution >= 0.6 is 22.9 Å². The summed E-state index contributed by atoms with van der Waals surface area (Å²) in [5.74, 6) is 0. The van der Waals surface area contributed by atoms with Gasteiger partial charge in [-0.15, -0.1) is 0 Å². The van der Waals surface area contributed by atoms with Crippen molar-refractivity contribution in [3.05, 3.63) is 28.9 Å². The van der Waals surface area contributed by atoms with Crippen molar-refractivity contribution < 1.29 is 18.3 Å². The average Bonchev–Trinajstić information content (AvgIpc) is 2.86. The Kier molecular flexibility index (Phi) is 6.04. The number of hydrogen-bond acceptors (Lipinski definition) is 6. The molecule has 0 radical (unpaired) electrons. The number of amides is 2. The lowest BCUT2D eigenvalue weighted by Gasteiger charge is -2.10. The number of benzene rings is 1. The van der Waals surface area contributed by atoms with Crippen LogP contribution in [0.25, 0.3) is 10.4 Å². The lowest BCUT2D eigenvalue weighted by atomic mass is 10.2. The van der Waals surface area contributed by atoms with E-state index in [1.807, 2.05) is 0 Å². The van der Waals surface area contributed by atoms with Gasteiger partial charge in [0.1, 0.15) is 0 Å². The standard InChI is InChI=1S/C15H18ClN3O4S2/c1-8(7-20)17-14(21)19-15-18-9(2)13(24-15)10-4-5-11(16)12(6-10)25(3,22)23/h4-6,8,20H,7H2,1-3H3,(H2,17,18,19,21). The summed E-state index contributed by atoms with van der Waals surface area (Å²) in [4.78, 5) is 16.9. The number of thiazole rings is 1. The van der Waals surface area contributed by atoms with Crippen molar-refractivity contribution in [2.75, 3.05) is 18.2 Å². The van der Waals surface area contributed by atoms with Crippen LogP contribution in [-0.4, -0.2) is 43.4 Å². The van der Waals surface area contributed by atoms with E-state index in [4.69, 9.17) is 16.7 Å². The predicted octanol–water partition coefficient (Wildman–Crippen LogP) is 2.68. The van der Waals surface area contributed by atoms with Gasteiger partial charge in [0, 0.05) is 6.26 Å². The molecule has 0 aliphatic heterocycles. The summed E-state index contributed by atoms with van der Waals surface area (Å²) in [6.07, 6.45) is 1.09. The molecule has 0 bridgehead atoms. The largest absolute Gasteiger partial charge is 0.394 e. The smallest absolute Gasteiger partial charge is 0.321 e. The molecule has 0 saturated heterocycles. The first-order chi connectivity index (χ1) is 11.6. The van der Waals surface area contributed by atoms with Gasteiger partial charge in [-0.25, -0.2) is 18.2 Å². The van der Waals surface area contributed by atoms with Gasteiger partial charge in [0.15, 0.2) is 15.0 Å². The predicted molar refractivity (Wildman–Crippen MR) is 99.1 cm³/mol. The maximum Gasteiger partial charge on any atom is 0.321 e. The Labute approximate surface area is 155 Å². The van der Waals surface area contributed by atoms with Crippen LogP contribution in [0.4, 0.5) is 9.93 Å². The van der Waals surface area contributed by atoms with E-state index >= 15 is 0 Å². The Bertz CT molecular complexity index is 896. The molecule has 0 fully saturated rings. The number of halogens is 1. The third kappa shape index (κ3) is 4.91. The Morgan fingerprint density at radius 1 is 1.44 bits per heavy atom. The Hall–Kier alpha value is -1.68. The molecule has 0 saturated carbocycles. The summed E-state index contributed by atoms with van der Waals surface area (Å²) in [6.45, 7) is 3.26. The normalized spacial score (nSPS) is 12.7. The number of aliphatic hydroxyl groups excluding tert-OH is 1. The van der Waals surface area contributed by atoms with Gasteiger partial charge in [-0.2, -0.15) is 0 Å². The highest BCUT2D eigenvalue weighted by Crippen LogP contribution is 2.35. The van der Waals surface area contributed by atoms with Crippen molar-refractivity contribution in [2.45, 2.75) is 24.8 Å². The number of carbonyl (C=O) groups excluding carboxylic acids is 1. The first kappa shape index (κ1) is 19.6. The fraction of sp³-hybridized carbons (Fsp3) is 0.333. The molecule has 1 aromatic heterocycles. The van der Waals surface area contributed by atoms with Gasteiger partial charge in [0.05, 0.1) is 33.1 Å². The number of nitrogens with one attached hydrogen (secondary N) is 2. The molecule has 10 heteroatoms. The van der Waals surface area contributed by atoms with Gasteiger partial charge in [-0.1, -0.05) is 29.0 Å². The number of aryl methyl sites for hydroxylation is 1. The van der Waals surface area contributed by atoms with Gasteiger partial charge < -0.3 is 10.4 Å². The minimum Gasteiger partial charge on any atom is -0.394 e. The molecule has 7 nitrogen and oxygen atoms in total. The highest BCUT2D eigenvalue weighted by molar-refractivity contribution is 7.90. The third-order valence-electron chi connectivity index (χ3n) is 3.26. The summed E-state index contributed by atoms with van der Waals surface area (Å²) < 4.78 is 23.6. The zero-order chi connectivity index (χ0) is 18.8. The van der Waals surface area contributed by atoms with E-state index in [1.54, 1.807) is 19.9 Å². The van der Waals surface area contributed by atoms with E-state index in [1.165, 1.54) is 23.5 Å².